The smallest absolute Gasteiger partial charge is 0.186 e. The summed E-state index contributed by atoms with van der Waals surface area (Å²) < 4.78 is 17.1. The van der Waals surface area contributed by atoms with Gasteiger partial charge in [-0.3, -0.25) is 0 Å². The van der Waals surface area contributed by atoms with Crippen molar-refractivity contribution in [2.45, 2.75) is 57.9 Å². The third kappa shape index (κ3) is 3.29. The van der Waals surface area contributed by atoms with E-state index < -0.39 is 19.7 Å². The molecule has 16 heavy (non-hydrogen) atoms. The summed E-state index contributed by atoms with van der Waals surface area (Å²) in [6.07, 6.45) is -0.320. The van der Waals surface area contributed by atoms with Gasteiger partial charge in [0.2, 0.25) is 0 Å². The fourth-order valence-electron chi connectivity index (χ4n) is 1.76. The van der Waals surface area contributed by atoms with Crippen LogP contribution in [0.5, 0.6) is 0 Å². The predicted molar refractivity (Wildman–Crippen MR) is 63.4 cm³/mol. The minimum absolute atomic E-state index is 0.320. The van der Waals surface area contributed by atoms with Crippen LogP contribution in [0.15, 0.2) is 0 Å². The molecule has 0 N–H and O–H groups in total. The Hall–Kier alpha value is -0.413. The quantitative estimate of drug-likeness (QED) is 0.714. The first-order valence-corrected chi connectivity index (χ1v) is 8.92. The van der Waals surface area contributed by atoms with Gasteiger partial charge in [-0.15, -0.1) is 0 Å². The highest BCUT2D eigenvalue weighted by Crippen LogP contribution is 2.32. The molecule has 0 aromatic rings. The average Bonchev–Trinajstić information content (AvgIpc) is 2.43. The maximum Gasteiger partial charge on any atom is 0.186 e. The summed E-state index contributed by atoms with van der Waals surface area (Å²) in [5.74, 6) is -0.619. The molecule has 1 aliphatic rings. The first-order valence-electron chi connectivity index (χ1n) is 5.51. The van der Waals surface area contributed by atoms with Crippen LogP contribution in [-0.4, -0.2) is 32.4 Å². The molecule has 92 valence electrons. The number of hydrogen-bond donors (Lipinski definition) is 0. The Kier molecular flexibility index (Phi) is 3.51. The van der Waals surface area contributed by atoms with Crippen molar-refractivity contribution in [3.05, 3.63) is 0 Å². The lowest BCUT2D eigenvalue weighted by Gasteiger charge is -2.34. The fourth-order valence-corrected chi connectivity index (χ4v) is 3.20. The van der Waals surface area contributed by atoms with Gasteiger partial charge >= 0.3 is 0 Å². The molecule has 1 rings (SSSR count). The fraction of sp³-hybridized carbons (Fsp3) is 0.909. The van der Waals surface area contributed by atoms with Gasteiger partial charge in [0.15, 0.2) is 19.7 Å². The van der Waals surface area contributed by atoms with E-state index in [2.05, 4.69) is 25.7 Å². The molecule has 0 amide bonds. The Bertz CT molecular complexity index is 305. The summed E-state index contributed by atoms with van der Waals surface area (Å²) in [7, 11) is -1.79. The minimum atomic E-state index is -1.79. The maximum absolute atomic E-state index is 9.29. The summed E-state index contributed by atoms with van der Waals surface area (Å²) in [6.45, 7) is 12.1. The molecule has 5 heteroatoms. The summed E-state index contributed by atoms with van der Waals surface area (Å²) in [6, 6.07) is 2.22. The first kappa shape index (κ1) is 13.7. The Morgan fingerprint density at radius 2 is 2.00 bits per heavy atom. The number of rotatable bonds is 3. The zero-order valence-corrected chi connectivity index (χ0v) is 12.0. The van der Waals surface area contributed by atoms with Crippen LogP contribution in [0.4, 0.5) is 0 Å². The van der Waals surface area contributed by atoms with Crippen LogP contribution in [0.3, 0.4) is 0 Å². The zero-order chi connectivity index (χ0) is 12.6. The van der Waals surface area contributed by atoms with Crippen molar-refractivity contribution in [1.29, 1.82) is 5.26 Å². The summed E-state index contributed by atoms with van der Waals surface area (Å²) in [5.41, 5.74) is -0.918. The molecule has 1 saturated heterocycles. The average molecular weight is 243 g/mol. The molecular weight excluding hydrogens is 222 g/mol. The molecule has 4 nitrogen and oxygen atoms in total. The summed E-state index contributed by atoms with van der Waals surface area (Å²) >= 11 is 0. The topological polar surface area (TPSA) is 51.5 Å². The van der Waals surface area contributed by atoms with Crippen LogP contribution in [0.1, 0.15) is 20.8 Å². The van der Waals surface area contributed by atoms with Crippen molar-refractivity contribution < 1.29 is 13.9 Å². The van der Waals surface area contributed by atoms with Crippen molar-refractivity contribution in [2.24, 2.45) is 0 Å². The monoisotopic (exact) mass is 243 g/mol. The standard InChI is InChI=1S/C11H21NO3Si/c1-10(2)13-7-9(14-10)11(3,8-12)15-16(4,5)6/h9H,7H2,1-6H3/t9-,11+/m1/s1. The van der Waals surface area contributed by atoms with Crippen LogP contribution in [0.25, 0.3) is 0 Å². The highest BCUT2D eigenvalue weighted by Gasteiger charge is 2.47. The Balaban J connectivity index is 2.79. The van der Waals surface area contributed by atoms with E-state index in [1.165, 1.54) is 0 Å². The van der Waals surface area contributed by atoms with E-state index in [1.54, 1.807) is 6.92 Å². The number of nitrogens with zero attached hydrogens (tertiary/aromatic N) is 1. The molecule has 0 saturated carbocycles. The molecule has 0 unspecified atom stereocenters. The second kappa shape index (κ2) is 4.11. The SMILES string of the molecule is CC1(C)OC[C@H]([C@](C)(C#N)O[Si](C)(C)C)O1. The Morgan fingerprint density at radius 3 is 2.31 bits per heavy atom. The first-order chi connectivity index (χ1) is 7.08. The Labute approximate surface area is 98.6 Å². The number of nitriles is 1. The molecule has 1 aliphatic heterocycles. The largest absolute Gasteiger partial charge is 0.398 e. The molecule has 2 atom stereocenters. The second-order valence-electron chi connectivity index (χ2n) is 5.75. The van der Waals surface area contributed by atoms with E-state index >= 15 is 0 Å². The molecule has 0 aromatic heterocycles. The highest BCUT2D eigenvalue weighted by molar-refractivity contribution is 6.69. The molecule has 0 radical (unpaired) electrons. The van der Waals surface area contributed by atoms with Gasteiger partial charge in [-0.2, -0.15) is 5.26 Å². The van der Waals surface area contributed by atoms with Crippen molar-refractivity contribution in [2.75, 3.05) is 6.61 Å². The van der Waals surface area contributed by atoms with Gasteiger partial charge in [0.25, 0.3) is 0 Å². The van der Waals surface area contributed by atoms with Gasteiger partial charge in [-0.1, -0.05) is 0 Å². The van der Waals surface area contributed by atoms with Crippen molar-refractivity contribution >= 4 is 8.32 Å². The van der Waals surface area contributed by atoms with Crippen LogP contribution < -0.4 is 0 Å². The van der Waals surface area contributed by atoms with Gasteiger partial charge in [0, 0.05) is 0 Å². The third-order valence-corrected chi connectivity index (χ3v) is 3.40. The molecule has 0 aliphatic carbocycles. The third-order valence-electron chi connectivity index (χ3n) is 2.36. The lowest BCUT2D eigenvalue weighted by molar-refractivity contribution is -0.155. The van der Waals surface area contributed by atoms with E-state index in [4.69, 9.17) is 13.9 Å². The van der Waals surface area contributed by atoms with Crippen molar-refractivity contribution in [1.82, 2.24) is 0 Å². The molecule has 1 fully saturated rings. The van der Waals surface area contributed by atoms with Gasteiger partial charge < -0.3 is 13.9 Å². The van der Waals surface area contributed by atoms with Crippen molar-refractivity contribution in [3.63, 3.8) is 0 Å². The lowest BCUT2D eigenvalue weighted by Crippen LogP contribution is -2.49. The van der Waals surface area contributed by atoms with E-state index in [1.807, 2.05) is 13.8 Å². The van der Waals surface area contributed by atoms with E-state index in [-0.39, 0.29) is 6.10 Å². The van der Waals surface area contributed by atoms with E-state index in [9.17, 15) is 5.26 Å². The molecule has 0 spiro atoms. The lowest BCUT2D eigenvalue weighted by atomic mass is 10.0. The van der Waals surface area contributed by atoms with E-state index in [0.29, 0.717) is 6.61 Å². The Morgan fingerprint density at radius 1 is 1.44 bits per heavy atom. The number of hydrogen-bond acceptors (Lipinski definition) is 4. The molecule has 0 aromatic carbocycles. The summed E-state index contributed by atoms with van der Waals surface area (Å²) in [5, 5.41) is 9.29. The van der Waals surface area contributed by atoms with Gasteiger partial charge in [-0.25, -0.2) is 0 Å². The summed E-state index contributed by atoms with van der Waals surface area (Å²) in [4.78, 5) is 0. The second-order valence-corrected chi connectivity index (χ2v) is 10.2. The van der Waals surface area contributed by atoms with Crippen LogP contribution in [-0.2, 0) is 13.9 Å². The molecular formula is C11H21NO3Si. The van der Waals surface area contributed by atoms with Crippen molar-refractivity contribution in [3.8, 4) is 6.07 Å². The van der Waals surface area contributed by atoms with E-state index in [0.717, 1.165) is 0 Å². The normalized spacial score (nSPS) is 28.4. The number of ether oxygens (including phenoxy) is 2. The van der Waals surface area contributed by atoms with Gasteiger partial charge in [0.05, 0.1) is 12.7 Å². The minimum Gasteiger partial charge on any atom is -0.398 e. The highest BCUT2D eigenvalue weighted by atomic mass is 28.4. The van der Waals surface area contributed by atoms with Crippen LogP contribution in [0, 0.1) is 11.3 Å². The predicted octanol–water partition coefficient (Wildman–Crippen LogP) is 2.27. The van der Waals surface area contributed by atoms with Gasteiger partial charge in [-0.05, 0) is 40.4 Å². The van der Waals surface area contributed by atoms with Crippen LogP contribution >= 0.6 is 0 Å². The molecule has 0 bridgehead atoms. The van der Waals surface area contributed by atoms with Crippen LogP contribution in [0.2, 0.25) is 19.6 Å². The maximum atomic E-state index is 9.29. The zero-order valence-electron chi connectivity index (χ0n) is 11.0. The molecule has 1 heterocycles. The van der Waals surface area contributed by atoms with Gasteiger partial charge in [0.1, 0.15) is 6.10 Å².